The molecule has 7 nitrogen and oxygen atoms in total. The minimum Gasteiger partial charge on any atom is -0.389 e. The van der Waals surface area contributed by atoms with E-state index in [1.165, 1.54) is 0 Å². The molecule has 3 fully saturated rings. The third kappa shape index (κ3) is 4.39. The lowest BCUT2D eigenvalue weighted by molar-refractivity contribution is -0.117. The van der Waals surface area contributed by atoms with E-state index in [-0.39, 0.29) is 23.3 Å². The summed E-state index contributed by atoms with van der Waals surface area (Å²) in [5.74, 6) is 1.02. The maximum absolute atomic E-state index is 12.8. The predicted molar refractivity (Wildman–Crippen MR) is 139 cm³/mol. The standard InChI is InChI=1S/C28H31ClN4O3/c1-28(16-36-15-25(28)34)33-8-5-17(6-9-33)20-10-18-12-26(31-14-19(18)11-23(20)29)32-27(35)22-13-21(22)24-4-2-3-7-30-24/h2-4,7,10-12,14,17,21-22,25,34H,5-6,8-9,13,15-16H2,1H3,(H,31,32,35)/t21-,22-,25-,28+/m1/s1. The molecule has 1 aromatic carbocycles. The minimum absolute atomic E-state index is 0.00867. The van der Waals surface area contributed by atoms with E-state index in [1.54, 1.807) is 12.4 Å². The number of aromatic nitrogens is 2. The fourth-order valence-corrected chi connectivity index (χ4v) is 6.17. The van der Waals surface area contributed by atoms with Gasteiger partial charge in [-0.25, -0.2) is 4.98 Å². The molecule has 4 heterocycles. The maximum atomic E-state index is 12.8. The van der Waals surface area contributed by atoms with Crippen LogP contribution in [0.4, 0.5) is 5.82 Å². The summed E-state index contributed by atoms with van der Waals surface area (Å²) < 4.78 is 5.54. The van der Waals surface area contributed by atoms with Gasteiger partial charge in [0.2, 0.25) is 5.91 Å². The van der Waals surface area contributed by atoms with Gasteiger partial charge in [-0.3, -0.25) is 14.7 Å². The highest BCUT2D eigenvalue weighted by Gasteiger charge is 2.46. The van der Waals surface area contributed by atoms with Crippen LogP contribution in [-0.4, -0.2) is 63.8 Å². The summed E-state index contributed by atoms with van der Waals surface area (Å²) in [7, 11) is 0. The molecule has 3 aromatic rings. The number of hydrogen-bond donors (Lipinski definition) is 2. The van der Waals surface area contributed by atoms with E-state index in [0.29, 0.717) is 24.9 Å². The van der Waals surface area contributed by atoms with Crippen molar-refractivity contribution in [2.75, 3.05) is 31.6 Å². The van der Waals surface area contributed by atoms with Gasteiger partial charge in [0.05, 0.1) is 24.9 Å². The predicted octanol–water partition coefficient (Wildman–Crippen LogP) is 4.35. The Hall–Kier alpha value is -2.58. The number of aliphatic hydroxyl groups excluding tert-OH is 1. The second-order valence-corrected chi connectivity index (χ2v) is 11.0. The molecule has 0 unspecified atom stereocenters. The van der Waals surface area contributed by atoms with Crippen LogP contribution in [0.2, 0.25) is 5.02 Å². The molecule has 0 spiro atoms. The lowest BCUT2D eigenvalue weighted by atomic mass is 9.85. The van der Waals surface area contributed by atoms with Crippen molar-refractivity contribution in [3.8, 4) is 0 Å². The Bertz CT molecular complexity index is 1280. The second kappa shape index (κ2) is 9.38. The lowest BCUT2D eigenvalue weighted by Gasteiger charge is -2.43. The number of anilines is 1. The second-order valence-electron chi connectivity index (χ2n) is 10.6. The zero-order valence-corrected chi connectivity index (χ0v) is 21.1. The Morgan fingerprint density at radius 3 is 2.75 bits per heavy atom. The number of fused-ring (bicyclic) bond motifs is 1. The lowest BCUT2D eigenvalue weighted by Crippen LogP contribution is -2.56. The van der Waals surface area contributed by atoms with Gasteiger partial charge in [0.1, 0.15) is 5.82 Å². The van der Waals surface area contributed by atoms with E-state index >= 15 is 0 Å². The number of carbonyl (C=O) groups excluding carboxylic acids is 1. The molecular formula is C28H31ClN4O3. The highest BCUT2D eigenvalue weighted by molar-refractivity contribution is 6.32. The van der Waals surface area contributed by atoms with Crippen LogP contribution in [0.1, 0.15) is 49.3 Å². The Balaban J connectivity index is 1.15. The molecule has 0 bridgehead atoms. The number of pyridine rings is 2. The molecule has 1 aliphatic carbocycles. The summed E-state index contributed by atoms with van der Waals surface area (Å²) in [5.41, 5.74) is 1.80. The van der Waals surface area contributed by atoms with Crippen molar-refractivity contribution < 1.29 is 14.6 Å². The first kappa shape index (κ1) is 23.8. The molecule has 3 aliphatic rings. The van der Waals surface area contributed by atoms with Crippen LogP contribution in [0, 0.1) is 5.92 Å². The number of ether oxygens (including phenoxy) is 1. The molecule has 0 radical (unpaired) electrons. The Kier molecular flexibility index (Phi) is 6.20. The Morgan fingerprint density at radius 2 is 2.03 bits per heavy atom. The first-order valence-electron chi connectivity index (χ1n) is 12.7. The summed E-state index contributed by atoms with van der Waals surface area (Å²) in [4.78, 5) is 24.0. The van der Waals surface area contributed by atoms with Crippen LogP contribution < -0.4 is 5.32 Å². The highest BCUT2D eigenvalue weighted by atomic mass is 35.5. The van der Waals surface area contributed by atoms with Gasteiger partial charge in [0, 0.05) is 40.3 Å². The van der Waals surface area contributed by atoms with Crippen molar-refractivity contribution in [2.45, 2.75) is 49.7 Å². The summed E-state index contributed by atoms with van der Waals surface area (Å²) in [5, 5.41) is 16.1. The zero-order chi connectivity index (χ0) is 24.9. The number of likely N-dealkylation sites (tertiary alicyclic amines) is 1. The summed E-state index contributed by atoms with van der Waals surface area (Å²) >= 11 is 6.72. The van der Waals surface area contributed by atoms with Crippen molar-refractivity contribution in [1.82, 2.24) is 14.9 Å². The number of rotatable bonds is 5. The number of benzene rings is 1. The van der Waals surface area contributed by atoms with Crippen molar-refractivity contribution in [3.05, 3.63) is 65.1 Å². The molecule has 8 heteroatoms. The van der Waals surface area contributed by atoms with Gasteiger partial charge in [-0.2, -0.15) is 0 Å². The smallest absolute Gasteiger partial charge is 0.229 e. The fraction of sp³-hybridized carbons (Fsp3) is 0.464. The van der Waals surface area contributed by atoms with Gasteiger partial charge < -0.3 is 15.2 Å². The van der Waals surface area contributed by atoms with Gasteiger partial charge in [-0.15, -0.1) is 0 Å². The number of halogens is 1. The molecule has 36 heavy (non-hydrogen) atoms. The van der Waals surface area contributed by atoms with Gasteiger partial charge in [-0.05, 0) is 86.5 Å². The van der Waals surface area contributed by atoms with Crippen molar-refractivity contribution >= 4 is 34.1 Å². The summed E-state index contributed by atoms with van der Waals surface area (Å²) in [6.45, 7) is 4.86. The Labute approximate surface area is 215 Å². The molecular weight excluding hydrogens is 476 g/mol. The first-order valence-corrected chi connectivity index (χ1v) is 13.1. The maximum Gasteiger partial charge on any atom is 0.229 e. The van der Waals surface area contributed by atoms with E-state index in [1.807, 2.05) is 30.3 Å². The van der Waals surface area contributed by atoms with Gasteiger partial charge in [0.25, 0.3) is 0 Å². The van der Waals surface area contributed by atoms with Gasteiger partial charge >= 0.3 is 0 Å². The van der Waals surface area contributed by atoms with Gasteiger partial charge in [0.15, 0.2) is 0 Å². The number of carbonyl (C=O) groups is 1. The van der Waals surface area contributed by atoms with Crippen LogP contribution >= 0.6 is 11.6 Å². The Morgan fingerprint density at radius 1 is 1.19 bits per heavy atom. The number of piperidine rings is 1. The van der Waals surface area contributed by atoms with E-state index in [2.05, 4.69) is 33.2 Å². The van der Waals surface area contributed by atoms with Crippen LogP contribution in [0.25, 0.3) is 10.8 Å². The topological polar surface area (TPSA) is 87.6 Å². The summed E-state index contributed by atoms with van der Waals surface area (Å²) in [6.07, 6.45) is 5.85. The van der Waals surface area contributed by atoms with E-state index < -0.39 is 6.10 Å². The van der Waals surface area contributed by atoms with Crippen molar-refractivity contribution in [3.63, 3.8) is 0 Å². The molecule has 6 rings (SSSR count). The summed E-state index contributed by atoms with van der Waals surface area (Å²) in [6, 6.07) is 11.9. The number of amides is 1. The molecule has 2 aromatic heterocycles. The number of nitrogens with zero attached hydrogens (tertiary/aromatic N) is 3. The quantitative estimate of drug-likeness (QED) is 0.535. The average molecular weight is 507 g/mol. The van der Waals surface area contributed by atoms with Crippen molar-refractivity contribution in [1.29, 1.82) is 0 Å². The van der Waals surface area contributed by atoms with Crippen LogP contribution in [0.15, 0.2) is 48.8 Å². The number of nitrogens with one attached hydrogen (secondary N) is 1. The third-order valence-electron chi connectivity index (χ3n) is 8.33. The van der Waals surface area contributed by atoms with Crippen molar-refractivity contribution in [2.24, 2.45) is 5.92 Å². The third-order valence-corrected chi connectivity index (χ3v) is 8.66. The SMILES string of the molecule is C[C@]1(N2CCC(c3cc4cc(NC(=O)[C@@H]5C[C@H]5c5ccccn5)ncc4cc3Cl)CC2)COC[C@H]1O. The van der Waals surface area contributed by atoms with E-state index in [9.17, 15) is 9.90 Å². The number of aliphatic hydroxyl groups is 1. The average Bonchev–Trinajstić information content (AvgIpc) is 3.63. The molecule has 2 saturated heterocycles. The number of hydrogen-bond acceptors (Lipinski definition) is 6. The fourth-order valence-electron chi connectivity index (χ4n) is 5.85. The molecule has 1 saturated carbocycles. The highest BCUT2D eigenvalue weighted by Crippen LogP contribution is 2.47. The van der Waals surface area contributed by atoms with E-state index in [4.69, 9.17) is 16.3 Å². The van der Waals surface area contributed by atoms with E-state index in [0.717, 1.165) is 59.4 Å². The first-order chi connectivity index (χ1) is 17.4. The monoisotopic (exact) mass is 506 g/mol. The normalized spacial score (nSPS) is 28.9. The molecule has 1 amide bonds. The molecule has 4 atom stereocenters. The molecule has 2 aliphatic heterocycles. The largest absolute Gasteiger partial charge is 0.389 e. The zero-order valence-electron chi connectivity index (χ0n) is 20.4. The minimum atomic E-state index is -0.450. The van der Waals surface area contributed by atoms with Gasteiger partial charge in [-0.1, -0.05) is 17.7 Å². The van der Waals surface area contributed by atoms with Crippen LogP contribution in [0.3, 0.4) is 0 Å². The van der Waals surface area contributed by atoms with Crippen LogP contribution in [-0.2, 0) is 9.53 Å². The van der Waals surface area contributed by atoms with Crippen LogP contribution in [0.5, 0.6) is 0 Å². The molecule has 2 N–H and O–H groups in total. The molecule has 188 valence electrons.